The maximum Gasteiger partial charge on any atom is 0.322 e. The second-order valence-electron chi connectivity index (χ2n) is 6.58. The van der Waals surface area contributed by atoms with E-state index in [0.29, 0.717) is 18.9 Å². The molecule has 1 saturated heterocycles. The van der Waals surface area contributed by atoms with Gasteiger partial charge in [-0.1, -0.05) is 6.07 Å². The maximum absolute atomic E-state index is 12.6. The first kappa shape index (κ1) is 14.4. The Balaban J connectivity index is 1.71. The monoisotopic (exact) mass is 288 g/mol. The number of aliphatic hydroxyl groups excluding tert-OH is 1. The second-order valence-corrected chi connectivity index (χ2v) is 6.58. The zero-order valence-electron chi connectivity index (χ0n) is 12.8. The number of anilines is 1. The predicted octanol–water partition coefficient (Wildman–Crippen LogP) is 3.07. The van der Waals surface area contributed by atoms with Crippen molar-refractivity contribution in [3.05, 3.63) is 29.3 Å². The van der Waals surface area contributed by atoms with Crippen LogP contribution in [0.1, 0.15) is 36.8 Å². The number of aliphatic hydroxyl groups is 1. The molecule has 0 unspecified atom stereocenters. The van der Waals surface area contributed by atoms with Gasteiger partial charge in [0.15, 0.2) is 0 Å². The lowest BCUT2D eigenvalue weighted by Gasteiger charge is -2.38. The summed E-state index contributed by atoms with van der Waals surface area (Å²) in [6.45, 7) is 4.72. The quantitative estimate of drug-likeness (QED) is 0.878. The Labute approximate surface area is 126 Å². The van der Waals surface area contributed by atoms with Crippen molar-refractivity contribution >= 4 is 11.7 Å². The zero-order valence-corrected chi connectivity index (χ0v) is 12.8. The van der Waals surface area contributed by atoms with Crippen molar-refractivity contribution in [2.24, 2.45) is 5.92 Å². The summed E-state index contributed by atoms with van der Waals surface area (Å²) in [5.74, 6) is 0.588. The van der Waals surface area contributed by atoms with E-state index in [1.807, 2.05) is 30.9 Å². The van der Waals surface area contributed by atoms with Gasteiger partial charge in [-0.25, -0.2) is 4.79 Å². The van der Waals surface area contributed by atoms with E-state index in [4.69, 9.17) is 0 Å². The summed E-state index contributed by atoms with van der Waals surface area (Å²) in [7, 11) is 0. The number of piperidine rings is 1. The first-order valence-corrected chi connectivity index (χ1v) is 7.87. The Hall–Kier alpha value is -1.55. The van der Waals surface area contributed by atoms with Gasteiger partial charge in [0.05, 0.1) is 6.10 Å². The van der Waals surface area contributed by atoms with Crippen LogP contribution in [0.15, 0.2) is 18.2 Å². The first-order chi connectivity index (χ1) is 10.0. The largest absolute Gasteiger partial charge is 0.393 e. The van der Waals surface area contributed by atoms with E-state index in [0.717, 1.165) is 23.2 Å². The fraction of sp³-hybridized carbons (Fsp3) is 0.588. The molecule has 1 aliphatic carbocycles. The number of carbonyl (C=O) groups excluding carboxylic acids is 1. The van der Waals surface area contributed by atoms with Crippen LogP contribution in [-0.2, 0) is 0 Å². The number of hydrogen-bond acceptors (Lipinski definition) is 2. The highest BCUT2D eigenvalue weighted by atomic mass is 16.3. The molecule has 2 N–H and O–H groups in total. The summed E-state index contributed by atoms with van der Waals surface area (Å²) in [6.07, 6.45) is 3.53. The smallest absolute Gasteiger partial charge is 0.322 e. The van der Waals surface area contributed by atoms with Crippen LogP contribution in [0.5, 0.6) is 0 Å². The topological polar surface area (TPSA) is 52.6 Å². The number of carbonyl (C=O) groups is 1. The van der Waals surface area contributed by atoms with Gasteiger partial charge < -0.3 is 15.3 Å². The zero-order chi connectivity index (χ0) is 15.0. The third-order valence-electron chi connectivity index (χ3n) is 4.52. The fourth-order valence-corrected chi connectivity index (χ4v) is 3.40. The fourth-order valence-electron chi connectivity index (χ4n) is 3.40. The van der Waals surface area contributed by atoms with Gasteiger partial charge in [0.1, 0.15) is 0 Å². The molecule has 1 aromatic rings. The Morgan fingerprint density at radius 3 is 2.48 bits per heavy atom. The number of nitrogens with one attached hydrogen (secondary N) is 1. The Morgan fingerprint density at radius 1 is 1.19 bits per heavy atom. The van der Waals surface area contributed by atoms with Crippen molar-refractivity contribution in [1.29, 1.82) is 0 Å². The lowest BCUT2D eigenvalue weighted by Crippen LogP contribution is -2.50. The molecule has 1 aromatic carbocycles. The molecule has 1 heterocycles. The molecule has 2 aliphatic rings. The highest BCUT2D eigenvalue weighted by Crippen LogP contribution is 2.39. The molecule has 0 radical (unpaired) electrons. The van der Waals surface area contributed by atoms with Gasteiger partial charge in [-0.3, -0.25) is 0 Å². The highest BCUT2D eigenvalue weighted by Gasteiger charge is 2.40. The summed E-state index contributed by atoms with van der Waals surface area (Å²) in [5.41, 5.74) is 3.16. The van der Waals surface area contributed by atoms with E-state index in [2.05, 4.69) is 11.4 Å². The summed E-state index contributed by atoms with van der Waals surface area (Å²) in [5, 5.41) is 12.9. The number of amides is 2. The second kappa shape index (κ2) is 5.68. The van der Waals surface area contributed by atoms with Crippen molar-refractivity contribution in [2.45, 2.75) is 51.7 Å². The van der Waals surface area contributed by atoms with Crippen LogP contribution in [-0.4, -0.2) is 34.7 Å². The number of rotatable bonds is 2. The van der Waals surface area contributed by atoms with E-state index >= 15 is 0 Å². The normalized spacial score (nSPS) is 25.8. The van der Waals surface area contributed by atoms with Crippen molar-refractivity contribution in [1.82, 2.24) is 4.90 Å². The molecule has 21 heavy (non-hydrogen) atoms. The highest BCUT2D eigenvalue weighted by molar-refractivity contribution is 5.89. The summed E-state index contributed by atoms with van der Waals surface area (Å²) in [4.78, 5) is 14.5. The lowest BCUT2D eigenvalue weighted by molar-refractivity contribution is 0.0550. The Bertz CT molecular complexity index is 519. The summed E-state index contributed by atoms with van der Waals surface area (Å²) >= 11 is 0. The van der Waals surface area contributed by atoms with Gasteiger partial charge in [-0.2, -0.15) is 0 Å². The van der Waals surface area contributed by atoms with Gasteiger partial charge in [0.25, 0.3) is 0 Å². The molecule has 4 heteroatoms. The minimum atomic E-state index is -0.249. The Kier molecular flexibility index (Phi) is 3.89. The van der Waals surface area contributed by atoms with E-state index in [1.165, 1.54) is 12.8 Å². The predicted molar refractivity (Wildman–Crippen MR) is 83.4 cm³/mol. The molecule has 1 saturated carbocycles. The van der Waals surface area contributed by atoms with Crippen LogP contribution < -0.4 is 5.32 Å². The molecule has 1 aliphatic heterocycles. The third-order valence-corrected chi connectivity index (χ3v) is 4.52. The van der Waals surface area contributed by atoms with Crippen molar-refractivity contribution in [3.63, 3.8) is 0 Å². The molecule has 2 atom stereocenters. The average molecular weight is 288 g/mol. The number of benzene rings is 1. The molecule has 114 valence electrons. The van der Waals surface area contributed by atoms with Crippen molar-refractivity contribution < 1.29 is 9.90 Å². The molecule has 3 rings (SSSR count). The summed E-state index contributed by atoms with van der Waals surface area (Å²) < 4.78 is 0. The van der Waals surface area contributed by atoms with E-state index in [9.17, 15) is 9.90 Å². The minimum absolute atomic E-state index is 0.0243. The third kappa shape index (κ3) is 3.38. The molecular weight excluding hydrogens is 264 g/mol. The van der Waals surface area contributed by atoms with Crippen LogP contribution in [0.25, 0.3) is 0 Å². The molecule has 4 nitrogen and oxygen atoms in total. The average Bonchev–Trinajstić information content (AvgIpc) is 3.21. The molecule has 0 spiro atoms. The minimum Gasteiger partial charge on any atom is -0.393 e. The maximum atomic E-state index is 12.6. The molecule has 2 fully saturated rings. The summed E-state index contributed by atoms with van der Waals surface area (Å²) in [6, 6.07) is 6.27. The molecule has 0 aromatic heterocycles. The number of nitrogens with zero attached hydrogens (tertiary/aromatic N) is 1. The van der Waals surface area contributed by atoms with E-state index in [1.54, 1.807) is 0 Å². The van der Waals surface area contributed by atoms with Crippen LogP contribution in [0.4, 0.5) is 10.5 Å². The van der Waals surface area contributed by atoms with Crippen molar-refractivity contribution in [2.75, 3.05) is 11.9 Å². The Morgan fingerprint density at radius 2 is 1.86 bits per heavy atom. The van der Waals surface area contributed by atoms with Gasteiger partial charge in [0, 0.05) is 18.3 Å². The first-order valence-electron chi connectivity index (χ1n) is 7.87. The van der Waals surface area contributed by atoms with Gasteiger partial charge >= 0.3 is 6.03 Å². The van der Waals surface area contributed by atoms with Gasteiger partial charge in [-0.05, 0) is 68.7 Å². The molecule has 2 amide bonds. The van der Waals surface area contributed by atoms with E-state index < -0.39 is 0 Å². The van der Waals surface area contributed by atoms with Crippen molar-refractivity contribution in [3.8, 4) is 0 Å². The van der Waals surface area contributed by atoms with Crippen LogP contribution in [0.2, 0.25) is 0 Å². The van der Waals surface area contributed by atoms with Crippen LogP contribution in [0, 0.1) is 19.8 Å². The van der Waals surface area contributed by atoms with Crippen LogP contribution >= 0.6 is 0 Å². The van der Waals surface area contributed by atoms with Gasteiger partial charge in [-0.15, -0.1) is 0 Å². The standard InChI is InChI=1S/C17H24N2O2/c1-11-7-12(2)9-14(8-11)18-17(21)19-6-5-15(20)10-16(19)13-3-4-13/h7-9,13,15-16,20H,3-6,10H2,1-2H3,(H,18,21)/t15-,16+/m0/s1. The number of aryl methyl sites for hydroxylation is 2. The number of urea groups is 1. The number of hydrogen-bond donors (Lipinski definition) is 2. The van der Waals surface area contributed by atoms with E-state index in [-0.39, 0.29) is 18.2 Å². The lowest BCUT2D eigenvalue weighted by atomic mass is 9.96. The van der Waals surface area contributed by atoms with Crippen LogP contribution in [0.3, 0.4) is 0 Å². The molecular formula is C17H24N2O2. The van der Waals surface area contributed by atoms with Gasteiger partial charge in [0.2, 0.25) is 0 Å². The SMILES string of the molecule is Cc1cc(C)cc(NC(=O)N2CC[C@H](O)C[C@@H]2C2CC2)c1. The number of likely N-dealkylation sites (tertiary alicyclic amines) is 1. The molecule has 0 bridgehead atoms.